The monoisotopic (exact) mass is 361 g/mol. The Kier molecular flexibility index (Phi) is 8.81. The van der Waals surface area contributed by atoms with Gasteiger partial charge in [-0.25, -0.2) is 0 Å². The number of carbonyl (C=O) groups excluding carboxylic acids is 3. The third kappa shape index (κ3) is 6.97. The number of hydrogen-bond acceptors (Lipinski definition) is 9. The second kappa shape index (κ2) is 10.3. The van der Waals surface area contributed by atoms with E-state index >= 15 is 0 Å². The Balaban J connectivity index is 2.99. The number of rotatable bonds is 8. The SMILES string of the molecule is CC(=O)O[C@@H]1[C@H](OC(C)=O)[C@H](C)OC(OCCCCN)[C@H]1OC(C)=O. The topological polar surface area (TPSA) is 123 Å². The Hall–Kier alpha value is -1.71. The van der Waals surface area contributed by atoms with Gasteiger partial charge in [0.05, 0.1) is 6.10 Å². The summed E-state index contributed by atoms with van der Waals surface area (Å²) in [4.78, 5) is 34.3. The Morgan fingerprint density at radius 3 is 1.92 bits per heavy atom. The van der Waals surface area contributed by atoms with Gasteiger partial charge in [0.15, 0.2) is 24.6 Å². The third-order valence-corrected chi connectivity index (χ3v) is 3.51. The smallest absolute Gasteiger partial charge is 0.303 e. The molecule has 1 aliphatic heterocycles. The van der Waals surface area contributed by atoms with Gasteiger partial charge in [0.25, 0.3) is 0 Å². The summed E-state index contributed by atoms with van der Waals surface area (Å²) in [6, 6.07) is 0. The van der Waals surface area contributed by atoms with E-state index in [4.69, 9.17) is 29.4 Å². The van der Waals surface area contributed by atoms with Gasteiger partial charge in [0.1, 0.15) is 0 Å². The average molecular weight is 361 g/mol. The first-order valence-electron chi connectivity index (χ1n) is 8.25. The van der Waals surface area contributed by atoms with E-state index in [2.05, 4.69) is 0 Å². The first-order chi connectivity index (χ1) is 11.8. The second-order valence-corrected chi connectivity index (χ2v) is 5.80. The van der Waals surface area contributed by atoms with Gasteiger partial charge in [-0.05, 0) is 26.3 Å². The molecule has 9 heteroatoms. The standard InChI is InChI=1S/C16H27NO8/c1-9-13(23-10(2)18)14(24-11(3)19)15(25-12(4)20)16(22-9)21-8-6-5-7-17/h9,13-16H,5-8,17H2,1-4H3/t9-,13+,14+,15-,16?/m0/s1. The van der Waals surface area contributed by atoms with E-state index in [9.17, 15) is 14.4 Å². The molecule has 2 N–H and O–H groups in total. The van der Waals surface area contributed by atoms with Crippen molar-refractivity contribution in [3.05, 3.63) is 0 Å². The number of unbranched alkanes of at least 4 members (excludes halogenated alkanes) is 1. The van der Waals surface area contributed by atoms with Crippen LogP contribution in [0, 0.1) is 0 Å². The molecule has 5 atom stereocenters. The molecule has 1 saturated heterocycles. The zero-order valence-electron chi connectivity index (χ0n) is 15.1. The number of hydrogen-bond donors (Lipinski definition) is 1. The lowest BCUT2D eigenvalue weighted by atomic mass is 9.99. The summed E-state index contributed by atoms with van der Waals surface area (Å²) in [6.45, 7) is 6.18. The number of esters is 3. The quantitative estimate of drug-likeness (QED) is 0.369. The highest BCUT2D eigenvalue weighted by Crippen LogP contribution is 2.29. The Labute approximate surface area is 147 Å². The van der Waals surface area contributed by atoms with E-state index in [0.717, 1.165) is 6.42 Å². The molecule has 0 aromatic heterocycles. The number of nitrogens with two attached hydrogens (primary N) is 1. The molecular weight excluding hydrogens is 334 g/mol. The summed E-state index contributed by atoms with van der Waals surface area (Å²) in [5.41, 5.74) is 5.44. The maximum absolute atomic E-state index is 11.5. The summed E-state index contributed by atoms with van der Waals surface area (Å²) in [7, 11) is 0. The number of carbonyl (C=O) groups is 3. The molecule has 1 unspecified atom stereocenters. The van der Waals surface area contributed by atoms with E-state index in [-0.39, 0.29) is 0 Å². The minimum Gasteiger partial charge on any atom is -0.456 e. The first-order valence-corrected chi connectivity index (χ1v) is 8.25. The van der Waals surface area contributed by atoms with Crippen molar-refractivity contribution in [3.63, 3.8) is 0 Å². The second-order valence-electron chi connectivity index (χ2n) is 5.80. The molecule has 0 aromatic rings. The van der Waals surface area contributed by atoms with Crippen LogP contribution >= 0.6 is 0 Å². The first kappa shape index (κ1) is 21.3. The molecule has 0 amide bonds. The van der Waals surface area contributed by atoms with E-state index < -0.39 is 48.6 Å². The zero-order chi connectivity index (χ0) is 19.0. The summed E-state index contributed by atoms with van der Waals surface area (Å²) in [5.74, 6) is -1.77. The maximum Gasteiger partial charge on any atom is 0.303 e. The van der Waals surface area contributed by atoms with Crippen molar-refractivity contribution in [3.8, 4) is 0 Å². The largest absolute Gasteiger partial charge is 0.456 e. The molecule has 1 rings (SSSR count). The minimum absolute atomic E-state index is 0.331. The van der Waals surface area contributed by atoms with Crippen molar-refractivity contribution in [2.24, 2.45) is 5.73 Å². The van der Waals surface area contributed by atoms with Crippen molar-refractivity contribution in [1.82, 2.24) is 0 Å². The fraction of sp³-hybridized carbons (Fsp3) is 0.812. The van der Waals surface area contributed by atoms with Crippen LogP contribution < -0.4 is 5.73 Å². The van der Waals surface area contributed by atoms with Crippen molar-refractivity contribution in [1.29, 1.82) is 0 Å². The van der Waals surface area contributed by atoms with Crippen LogP contribution in [0.5, 0.6) is 0 Å². The van der Waals surface area contributed by atoms with E-state index in [1.807, 2.05) is 0 Å². The molecule has 144 valence electrons. The molecule has 0 aliphatic carbocycles. The van der Waals surface area contributed by atoms with Crippen LogP contribution in [0.2, 0.25) is 0 Å². The van der Waals surface area contributed by atoms with Crippen LogP contribution in [0.3, 0.4) is 0 Å². The lowest BCUT2D eigenvalue weighted by Crippen LogP contribution is -2.61. The van der Waals surface area contributed by atoms with Crippen molar-refractivity contribution >= 4 is 17.9 Å². The molecule has 0 radical (unpaired) electrons. The molecule has 1 heterocycles. The molecule has 0 spiro atoms. The van der Waals surface area contributed by atoms with Gasteiger partial charge < -0.3 is 29.4 Å². The normalized spacial score (nSPS) is 28.9. The molecule has 9 nitrogen and oxygen atoms in total. The summed E-state index contributed by atoms with van der Waals surface area (Å²) in [6.07, 6.45) is -3.12. The van der Waals surface area contributed by atoms with E-state index in [1.54, 1.807) is 6.92 Å². The number of ether oxygens (including phenoxy) is 5. The van der Waals surface area contributed by atoms with Crippen LogP contribution in [-0.4, -0.2) is 61.8 Å². The fourth-order valence-corrected chi connectivity index (χ4v) is 2.55. The highest BCUT2D eigenvalue weighted by atomic mass is 16.7. The summed E-state index contributed by atoms with van der Waals surface area (Å²) >= 11 is 0. The van der Waals surface area contributed by atoms with Crippen LogP contribution in [0.4, 0.5) is 0 Å². The molecule has 1 fully saturated rings. The van der Waals surface area contributed by atoms with Gasteiger partial charge in [-0.2, -0.15) is 0 Å². The lowest BCUT2D eigenvalue weighted by Gasteiger charge is -2.43. The average Bonchev–Trinajstić information content (AvgIpc) is 2.49. The van der Waals surface area contributed by atoms with Gasteiger partial charge in [0, 0.05) is 27.4 Å². The van der Waals surface area contributed by atoms with E-state index in [0.29, 0.717) is 19.6 Å². The molecule has 25 heavy (non-hydrogen) atoms. The van der Waals surface area contributed by atoms with Crippen molar-refractivity contribution in [2.45, 2.75) is 71.2 Å². The Morgan fingerprint density at radius 1 is 0.880 bits per heavy atom. The highest BCUT2D eigenvalue weighted by Gasteiger charge is 2.50. The summed E-state index contributed by atoms with van der Waals surface area (Å²) < 4.78 is 27.1. The van der Waals surface area contributed by atoms with Crippen LogP contribution in [0.15, 0.2) is 0 Å². The van der Waals surface area contributed by atoms with Crippen LogP contribution in [0.25, 0.3) is 0 Å². The van der Waals surface area contributed by atoms with Gasteiger partial charge in [0.2, 0.25) is 0 Å². The van der Waals surface area contributed by atoms with Gasteiger partial charge in [-0.15, -0.1) is 0 Å². The molecular formula is C16H27NO8. The van der Waals surface area contributed by atoms with Gasteiger partial charge in [-0.1, -0.05) is 0 Å². The summed E-state index contributed by atoms with van der Waals surface area (Å²) in [5, 5.41) is 0. The van der Waals surface area contributed by atoms with Crippen LogP contribution in [-0.2, 0) is 38.1 Å². The highest BCUT2D eigenvalue weighted by molar-refractivity contribution is 5.68. The van der Waals surface area contributed by atoms with Crippen molar-refractivity contribution in [2.75, 3.05) is 13.2 Å². The maximum atomic E-state index is 11.5. The molecule has 1 aliphatic rings. The predicted molar refractivity (Wildman–Crippen MR) is 85.2 cm³/mol. The lowest BCUT2D eigenvalue weighted by molar-refractivity contribution is -0.300. The zero-order valence-corrected chi connectivity index (χ0v) is 15.1. The fourth-order valence-electron chi connectivity index (χ4n) is 2.55. The molecule has 0 saturated carbocycles. The predicted octanol–water partition coefficient (Wildman–Crippen LogP) is 0.282. The van der Waals surface area contributed by atoms with Crippen molar-refractivity contribution < 1.29 is 38.1 Å². The third-order valence-electron chi connectivity index (χ3n) is 3.51. The Bertz CT molecular complexity index is 469. The van der Waals surface area contributed by atoms with E-state index in [1.165, 1.54) is 20.8 Å². The Morgan fingerprint density at radius 2 is 1.40 bits per heavy atom. The minimum atomic E-state index is -1.06. The van der Waals surface area contributed by atoms with Gasteiger partial charge in [-0.3, -0.25) is 14.4 Å². The molecule has 0 aromatic carbocycles. The molecule has 0 bridgehead atoms. The van der Waals surface area contributed by atoms with Crippen LogP contribution in [0.1, 0.15) is 40.5 Å². The van der Waals surface area contributed by atoms with Gasteiger partial charge >= 0.3 is 17.9 Å².